The highest BCUT2D eigenvalue weighted by atomic mass is 16.5. The second kappa shape index (κ2) is 4.92. The average molecular weight is 257 g/mol. The zero-order chi connectivity index (χ0) is 12.7. The van der Waals surface area contributed by atoms with Gasteiger partial charge in [0.1, 0.15) is 0 Å². The Kier molecular flexibility index (Phi) is 3.08. The third kappa shape index (κ3) is 2.21. The summed E-state index contributed by atoms with van der Waals surface area (Å²) in [5, 5.41) is 3.93. The van der Waals surface area contributed by atoms with Crippen molar-refractivity contribution in [1.82, 2.24) is 5.32 Å². The van der Waals surface area contributed by atoms with Crippen LogP contribution in [0.4, 0.5) is 0 Å². The van der Waals surface area contributed by atoms with E-state index < -0.39 is 0 Å². The largest absolute Gasteiger partial charge is 0.380 e. The lowest BCUT2D eigenvalue weighted by Gasteiger charge is -2.26. The fourth-order valence-corrected chi connectivity index (χ4v) is 4.36. The van der Waals surface area contributed by atoms with Crippen molar-refractivity contribution in [1.29, 1.82) is 0 Å². The number of fused-ring (bicyclic) bond motifs is 3. The highest BCUT2D eigenvalue weighted by Gasteiger charge is 2.39. The molecule has 19 heavy (non-hydrogen) atoms. The summed E-state index contributed by atoms with van der Waals surface area (Å²) in [6.07, 6.45) is 6.56. The van der Waals surface area contributed by atoms with Crippen molar-refractivity contribution < 1.29 is 4.74 Å². The summed E-state index contributed by atoms with van der Waals surface area (Å²) in [6.45, 7) is 1.86. The Morgan fingerprint density at radius 3 is 2.21 bits per heavy atom. The minimum absolute atomic E-state index is 0.606. The van der Waals surface area contributed by atoms with Gasteiger partial charge in [0.2, 0.25) is 0 Å². The molecule has 1 aromatic carbocycles. The van der Waals surface area contributed by atoms with Crippen LogP contribution in [0.25, 0.3) is 0 Å². The molecule has 0 aromatic heterocycles. The maximum absolute atomic E-state index is 5.52. The zero-order valence-electron chi connectivity index (χ0n) is 11.5. The van der Waals surface area contributed by atoms with Crippen LogP contribution in [0.2, 0.25) is 0 Å². The monoisotopic (exact) mass is 257 g/mol. The molecule has 1 saturated carbocycles. The Hall–Kier alpha value is -0.860. The van der Waals surface area contributed by atoms with E-state index in [-0.39, 0.29) is 0 Å². The standard InChI is InChI=1S/C17H23NO/c1-2-4-13-10-15-6-5-14(9-12(13)3-1)17(15)18-16-7-8-19-11-16/h1-4,14-18H,5-11H2. The number of benzene rings is 1. The van der Waals surface area contributed by atoms with Gasteiger partial charge in [0.15, 0.2) is 0 Å². The molecule has 0 amide bonds. The van der Waals surface area contributed by atoms with Gasteiger partial charge in [0, 0.05) is 18.7 Å². The van der Waals surface area contributed by atoms with Crippen LogP contribution in [0.15, 0.2) is 24.3 Å². The predicted molar refractivity (Wildman–Crippen MR) is 76.2 cm³/mol. The Labute approximate surface area is 115 Å². The molecular weight excluding hydrogens is 234 g/mol. The molecule has 1 saturated heterocycles. The summed E-state index contributed by atoms with van der Waals surface area (Å²) >= 11 is 0. The molecule has 1 aliphatic heterocycles. The van der Waals surface area contributed by atoms with Gasteiger partial charge in [0.25, 0.3) is 0 Å². The van der Waals surface area contributed by atoms with Crippen molar-refractivity contribution in [2.45, 2.75) is 44.2 Å². The molecule has 2 nitrogen and oxygen atoms in total. The van der Waals surface area contributed by atoms with Gasteiger partial charge in [-0.15, -0.1) is 0 Å². The van der Waals surface area contributed by atoms with Crippen LogP contribution in [0.3, 0.4) is 0 Å². The van der Waals surface area contributed by atoms with Crippen molar-refractivity contribution in [2.24, 2.45) is 11.8 Å². The van der Waals surface area contributed by atoms with E-state index in [9.17, 15) is 0 Å². The third-order valence-corrected chi connectivity index (χ3v) is 5.36. The average Bonchev–Trinajstić information content (AvgIpc) is 2.99. The molecule has 3 atom stereocenters. The minimum Gasteiger partial charge on any atom is -0.380 e. The Morgan fingerprint density at radius 2 is 1.63 bits per heavy atom. The van der Waals surface area contributed by atoms with Crippen LogP contribution < -0.4 is 5.32 Å². The lowest BCUT2D eigenvalue weighted by atomic mass is 9.94. The molecule has 1 aromatic rings. The molecular formula is C17H23NO. The van der Waals surface area contributed by atoms with E-state index in [4.69, 9.17) is 4.74 Å². The van der Waals surface area contributed by atoms with Gasteiger partial charge in [-0.3, -0.25) is 0 Å². The van der Waals surface area contributed by atoms with Gasteiger partial charge >= 0.3 is 0 Å². The highest BCUT2D eigenvalue weighted by molar-refractivity contribution is 5.30. The lowest BCUT2D eigenvalue weighted by Crippen LogP contribution is -2.44. The molecule has 3 aliphatic rings. The van der Waals surface area contributed by atoms with Crippen LogP contribution in [0.5, 0.6) is 0 Å². The second-order valence-electron chi connectivity index (χ2n) is 6.53. The van der Waals surface area contributed by atoms with E-state index in [1.165, 1.54) is 32.1 Å². The molecule has 0 spiro atoms. The van der Waals surface area contributed by atoms with E-state index in [2.05, 4.69) is 29.6 Å². The minimum atomic E-state index is 0.606. The molecule has 2 fully saturated rings. The van der Waals surface area contributed by atoms with Crippen molar-refractivity contribution in [3.05, 3.63) is 35.4 Å². The Morgan fingerprint density at radius 1 is 0.947 bits per heavy atom. The van der Waals surface area contributed by atoms with E-state index >= 15 is 0 Å². The second-order valence-corrected chi connectivity index (χ2v) is 6.53. The summed E-state index contributed by atoms with van der Waals surface area (Å²) in [7, 11) is 0. The Balaban J connectivity index is 1.55. The molecule has 1 N–H and O–H groups in total. The fourth-order valence-electron chi connectivity index (χ4n) is 4.36. The molecule has 2 heteroatoms. The normalized spacial score (nSPS) is 37.1. The molecule has 2 aliphatic carbocycles. The first-order valence-corrected chi connectivity index (χ1v) is 7.81. The molecule has 102 valence electrons. The van der Waals surface area contributed by atoms with Gasteiger partial charge < -0.3 is 10.1 Å². The smallest absolute Gasteiger partial charge is 0.0620 e. The van der Waals surface area contributed by atoms with Crippen molar-refractivity contribution in [2.75, 3.05) is 13.2 Å². The summed E-state index contributed by atoms with van der Waals surface area (Å²) in [4.78, 5) is 0. The third-order valence-electron chi connectivity index (χ3n) is 5.36. The van der Waals surface area contributed by atoms with Gasteiger partial charge in [-0.2, -0.15) is 0 Å². The first kappa shape index (κ1) is 11.9. The van der Waals surface area contributed by atoms with E-state index in [1.807, 2.05) is 0 Å². The quantitative estimate of drug-likeness (QED) is 0.879. The summed E-state index contributed by atoms with van der Waals surface area (Å²) < 4.78 is 5.52. The van der Waals surface area contributed by atoms with Crippen molar-refractivity contribution in [3.63, 3.8) is 0 Å². The lowest BCUT2D eigenvalue weighted by molar-refractivity contribution is 0.183. The van der Waals surface area contributed by atoms with Crippen LogP contribution in [-0.2, 0) is 17.6 Å². The van der Waals surface area contributed by atoms with E-state index in [1.54, 1.807) is 11.1 Å². The number of hydrogen-bond acceptors (Lipinski definition) is 2. The van der Waals surface area contributed by atoms with E-state index in [0.29, 0.717) is 6.04 Å². The van der Waals surface area contributed by atoms with E-state index in [0.717, 1.165) is 31.1 Å². The topological polar surface area (TPSA) is 21.3 Å². The van der Waals surface area contributed by atoms with Crippen LogP contribution in [-0.4, -0.2) is 25.3 Å². The van der Waals surface area contributed by atoms with Crippen LogP contribution >= 0.6 is 0 Å². The molecule has 4 rings (SSSR count). The highest BCUT2D eigenvalue weighted by Crippen LogP contribution is 2.40. The van der Waals surface area contributed by atoms with Gasteiger partial charge in [-0.1, -0.05) is 24.3 Å². The number of rotatable bonds is 2. The maximum atomic E-state index is 5.52. The van der Waals surface area contributed by atoms with Crippen LogP contribution in [0.1, 0.15) is 30.4 Å². The van der Waals surface area contributed by atoms with Crippen LogP contribution in [0, 0.1) is 11.8 Å². The molecule has 2 bridgehead atoms. The zero-order valence-corrected chi connectivity index (χ0v) is 11.5. The number of nitrogens with one attached hydrogen (secondary N) is 1. The predicted octanol–water partition coefficient (Wildman–Crippen LogP) is 2.56. The molecule has 0 radical (unpaired) electrons. The first-order valence-electron chi connectivity index (χ1n) is 7.81. The maximum Gasteiger partial charge on any atom is 0.0620 e. The van der Waals surface area contributed by atoms with Gasteiger partial charge in [-0.25, -0.2) is 0 Å². The summed E-state index contributed by atoms with van der Waals surface area (Å²) in [5.74, 6) is 1.68. The summed E-state index contributed by atoms with van der Waals surface area (Å²) in [5.41, 5.74) is 3.20. The first-order chi connectivity index (χ1) is 9.40. The molecule has 1 heterocycles. The fraction of sp³-hybridized carbons (Fsp3) is 0.647. The SMILES string of the molecule is c1ccc2c(c1)CC1CCC(C2)C1NC1CCOC1. The van der Waals surface area contributed by atoms with Gasteiger partial charge in [0.05, 0.1) is 6.61 Å². The van der Waals surface area contributed by atoms with Gasteiger partial charge in [-0.05, 0) is 55.1 Å². The van der Waals surface area contributed by atoms with Crippen molar-refractivity contribution in [3.8, 4) is 0 Å². The van der Waals surface area contributed by atoms with Crippen molar-refractivity contribution >= 4 is 0 Å². The number of hydrogen-bond donors (Lipinski definition) is 1. The summed E-state index contributed by atoms with van der Waals surface area (Å²) in [6, 6.07) is 10.4. The number of ether oxygens (including phenoxy) is 1. The molecule has 3 unspecified atom stereocenters. The Bertz CT molecular complexity index is 419.